The standard InChI is InChI=1S/C16H22BrN2/c1-2-3-4-5-6-11-18-12-13-19(14-18)16-9-7-15(17)8-10-16/h7-10,12-14H,2-6,11H2,1H3/q+1. The molecule has 19 heavy (non-hydrogen) atoms. The number of hydrogen-bond acceptors (Lipinski definition) is 0. The highest BCUT2D eigenvalue weighted by molar-refractivity contribution is 9.10. The van der Waals surface area contributed by atoms with Crippen LogP contribution in [-0.4, -0.2) is 4.57 Å². The fraction of sp³-hybridized carbons (Fsp3) is 0.438. The molecule has 0 aliphatic heterocycles. The Labute approximate surface area is 124 Å². The molecule has 0 radical (unpaired) electrons. The highest BCUT2D eigenvalue weighted by Gasteiger charge is 2.05. The van der Waals surface area contributed by atoms with Crippen molar-refractivity contribution >= 4 is 15.9 Å². The van der Waals surface area contributed by atoms with Crippen LogP contribution < -0.4 is 4.57 Å². The molecule has 0 aliphatic carbocycles. The molecule has 2 rings (SSSR count). The molecule has 0 aliphatic rings. The first kappa shape index (κ1) is 14.3. The topological polar surface area (TPSA) is 8.81 Å². The molecule has 0 amide bonds. The third-order valence-corrected chi connectivity index (χ3v) is 3.86. The van der Waals surface area contributed by atoms with Gasteiger partial charge in [0, 0.05) is 4.47 Å². The van der Waals surface area contributed by atoms with Crippen LogP contribution in [0, 0.1) is 0 Å². The molecule has 0 atom stereocenters. The maximum absolute atomic E-state index is 3.46. The van der Waals surface area contributed by atoms with Crippen LogP contribution in [-0.2, 0) is 6.54 Å². The van der Waals surface area contributed by atoms with E-state index in [4.69, 9.17) is 0 Å². The van der Waals surface area contributed by atoms with E-state index in [1.165, 1.54) is 37.8 Å². The van der Waals surface area contributed by atoms with E-state index in [0.29, 0.717) is 0 Å². The van der Waals surface area contributed by atoms with Gasteiger partial charge >= 0.3 is 0 Å². The Bertz CT molecular complexity index is 488. The smallest absolute Gasteiger partial charge is 0.236 e. The average Bonchev–Trinajstić information content (AvgIpc) is 2.88. The summed E-state index contributed by atoms with van der Waals surface area (Å²) < 4.78 is 5.55. The summed E-state index contributed by atoms with van der Waals surface area (Å²) in [6, 6.07) is 8.39. The second kappa shape index (κ2) is 7.49. The molecule has 102 valence electrons. The minimum atomic E-state index is 1.12. The summed E-state index contributed by atoms with van der Waals surface area (Å²) in [5, 5.41) is 0. The Morgan fingerprint density at radius 1 is 1.05 bits per heavy atom. The monoisotopic (exact) mass is 321 g/mol. The zero-order chi connectivity index (χ0) is 13.5. The Morgan fingerprint density at radius 3 is 2.53 bits per heavy atom. The largest absolute Gasteiger partial charge is 0.248 e. The maximum Gasteiger partial charge on any atom is 0.248 e. The van der Waals surface area contributed by atoms with Crippen LogP contribution in [0.5, 0.6) is 0 Å². The summed E-state index contributed by atoms with van der Waals surface area (Å²) in [6.45, 7) is 3.38. The number of nitrogens with zero attached hydrogens (tertiary/aromatic N) is 2. The Morgan fingerprint density at radius 2 is 1.79 bits per heavy atom. The van der Waals surface area contributed by atoms with Gasteiger partial charge in [-0.05, 0) is 37.1 Å². The fourth-order valence-corrected chi connectivity index (χ4v) is 2.45. The van der Waals surface area contributed by atoms with Gasteiger partial charge in [0.1, 0.15) is 18.1 Å². The minimum Gasteiger partial charge on any atom is -0.236 e. The van der Waals surface area contributed by atoms with Crippen molar-refractivity contribution in [3.8, 4) is 5.69 Å². The molecule has 0 fully saturated rings. The zero-order valence-corrected chi connectivity index (χ0v) is 13.1. The van der Waals surface area contributed by atoms with Crippen molar-refractivity contribution < 1.29 is 4.57 Å². The molecule has 0 N–H and O–H groups in total. The molecule has 0 saturated carbocycles. The third kappa shape index (κ3) is 4.50. The lowest BCUT2D eigenvalue weighted by Crippen LogP contribution is -2.30. The summed E-state index contributed by atoms with van der Waals surface area (Å²) in [5.74, 6) is 0. The Kier molecular flexibility index (Phi) is 5.64. The van der Waals surface area contributed by atoms with Crippen LogP contribution in [0.25, 0.3) is 5.69 Å². The van der Waals surface area contributed by atoms with Gasteiger partial charge in [-0.2, -0.15) is 0 Å². The molecule has 0 bridgehead atoms. The van der Waals surface area contributed by atoms with Gasteiger partial charge in [-0.25, -0.2) is 9.13 Å². The van der Waals surface area contributed by atoms with Gasteiger partial charge in [0.2, 0.25) is 6.33 Å². The van der Waals surface area contributed by atoms with Crippen LogP contribution >= 0.6 is 15.9 Å². The highest BCUT2D eigenvalue weighted by Crippen LogP contribution is 2.13. The number of aromatic nitrogens is 2. The van der Waals surface area contributed by atoms with Crippen molar-refractivity contribution in [2.45, 2.75) is 45.6 Å². The van der Waals surface area contributed by atoms with E-state index < -0.39 is 0 Å². The Balaban J connectivity index is 1.86. The average molecular weight is 322 g/mol. The van der Waals surface area contributed by atoms with Crippen molar-refractivity contribution in [1.29, 1.82) is 0 Å². The molecule has 2 aromatic rings. The number of benzene rings is 1. The van der Waals surface area contributed by atoms with Gasteiger partial charge < -0.3 is 0 Å². The fourth-order valence-electron chi connectivity index (χ4n) is 2.19. The summed E-state index contributed by atoms with van der Waals surface area (Å²) in [4.78, 5) is 0. The van der Waals surface area contributed by atoms with E-state index in [2.05, 4.69) is 75.0 Å². The first-order valence-electron chi connectivity index (χ1n) is 7.12. The normalized spacial score (nSPS) is 10.8. The zero-order valence-electron chi connectivity index (χ0n) is 11.6. The first-order valence-corrected chi connectivity index (χ1v) is 7.92. The molecule has 1 heterocycles. The van der Waals surface area contributed by atoms with Crippen LogP contribution in [0.1, 0.15) is 39.0 Å². The van der Waals surface area contributed by atoms with Crippen LogP contribution in [0.15, 0.2) is 47.5 Å². The molecular formula is C16H22BrN2+. The van der Waals surface area contributed by atoms with E-state index in [1.54, 1.807) is 0 Å². The number of imidazole rings is 1. The molecule has 0 unspecified atom stereocenters. The molecule has 2 nitrogen and oxygen atoms in total. The summed E-state index contributed by atoms with van der Waals surface area (Å²) in [6.07, 6.45) is 13.1. The van der Waals surface area contributed by atoms with Gasteiger partial charge in [0.05, 0.1) is 6.54 Å². The summed E-state index contributed by atoms with van der Waals surface area (Å²) in [5.41, 5.74) is 1.20. The molecule has 3 heteroatoms. The lowest BCUT2D eigenvalue weighted by Gasteiger charge is -1.98. The van der Waals surface area contributed by atoms with Crippen molar-refractivity contribution in [3.63, 3.8) is 0 Å². The van der Waals surface area contributed by atoms with Crippen molar-refractivity contribution in [3.05, 3.63) is 47.5 Å². The van der Waals surface area contributed by atoms with E-state index in [1.807, 2.05) is 0 Å². The second-order valence-electron chi connectivity index (χ2n) is 4.95. The van der Waals surface area contributed by atoms with E-state index in [-0.39, 0.29) is 0 Å². The van der Waals surface area contributed by atoms with Gasteiger partial charge in [-0.3, -0.25) is 0 Å². The van der Waals surface area contributed by atoms with E-state index in [0.717, 1.165) is 11.0 Å². The first-order chi connectivity index (χ1) is 9.29. The molecule has 0 saturated heterocycles. The molecule has 0 spiro atoms. The molecule has 1 aromatic heterocycles. The van der Waals surface area contributed by atoms with Crippen LogP contribution in [0.3, 0.4) is 0 Å². The number of rotatable bonds is 7. The molecular weight excluding hydrogens is 300 g/mol. The quantitative estimate of drug-likeness (QED) is 0.524. The maximum atomic E-state index is 3.46. The van der Waals surface area contributed by atoms with Crippen molar-refractivity contribution in [2.75, 3.05) is 0 Å². The van der Waals surface area contributed by atoms with Gasteiger partial charge in [0.15, 0.2) is 0 Å². The summed E-state index contributed by atoms with van der Waals surface area (Å²) in [7, 11) is 0. The number of unbranched alkanes of at least 4 members (excludes halogenated alkanes) is 4. The number of hydrogen-bond donors (Lipinski definition) is 0. The summed E-state index contributed by atoms with van der Waals surface area (Å²) >= 11 is 3.46. The lowest BCUT2D eigenvalue weighted by molar-refractivity contribution is -0.696. The molecule has 1 aromatic carbocycles. The highest BCUT2D eigenvalue weighted by atomic mass is 79.9. The van der Waals surface area contributed by atoms with E-state index >= 15 is 0 Å². The van der Waals surface area contributed by atoms with Gasteiger partial charge in [-0.15, -0.1) is 0 Å². The predicted molar refractivity (Wildman–Crippen MR) is 82.4 cm³/mol. The Hall–Kier alpha value is -1.09. The number of aryl methyl sites for hydroxylation is 1. The van der Waals surface area contributed by atoms with Crippen LogP contribution in [0.2, 0.25) is 0 Å². The van der Waals surface area contributed by atoms with E-state index in [9.17, 15) is 0 Å². The predicted octanol–water partition coefficient (Wildman–Crippen LogP) is 4.50. The SMILES string of the molecule is CCCCCCC[n+]1ccn(-c2ccc(Br)cc2)c1. The lowest BCUT2D eigenvalue weighted by atomic mass is 10.1. The van der Waals surface area contributed by atoms with Gasteiger partial charge in [-0.1, -0.05) is 42.1 Å². The third-order valence-electron chi connectivity index (χ3n) is 3.34. The van der Waals surface area contributed by atoms with Gasteiger partial charge in [0.25, 0.3) is 0 Å². The van der Waals surface area contributed by atoms with Crippen molar-refractivity contribution in [1.82, 2.24) is 4.57 Å². The van der Waals surface area contributed by atoms with Crippen LogP contribution in [0.4, 0.5) is 0 Å². The number of halogens is 1. The second-order valence-corrected chi connectivity index (χ2v) is 5.87. The minimum absolute atomic E-state index is 1.12. The van der Waals surface area contributed by atoms with Crippen molar-refractivity contribution in [2.24, 2.45) is 0 Å².